The second kappa shape index (κ2) is 8.69. The van der Waals surface area contributed by atoms with Crippen molar-refractivity contribution in [1.82, 2.24) is 0 Å². The van der Waals surface area contributed by atoms with E-state index in [4.69, 9.17) is 0 Å². The zero-order valence-electron chi connectivity index (χ0n) is 18.4. The van der Waals surface area contributed by atoms with Gasteiger partial charge in [0.1, 0.15) is 0 Å². The molecule has 0 radical (unpaired) electrons. The minimum absolute atomic E-state index is 0.975. The van der Waals surface area contributed by atoms with Gasteiger partial charge in [-0.15, -0.1) is 0 Å². The molecular formula is C32H26. The second-order valence-electron chi connectivity index (χ2n) is 8.02. The van der Waals surface area contributed by atoms with Gasteiger partial charge in [0.15, 0.2) is 0 Å². The summed E-state index contributed by atoms with van der Waals surface area (Å²) >= 11 is 0. The Morgan fingerprint density at radius 1 is 0.625 bits per heavy atom. The van der Waals surface area contributed by atoms with Crippen LogP contribution >= 0.6 is 0 Å². The molecule has 32 heavy (non-hydrogen) atoms. The summed E-state index contributed by atoms with van der Waals surface area (Å²) in [4.78, 5) is 0. The third-order valence-corrected chi connectivity index (χ3v) is 6.15. The predicted octanol–water partition coefficient (Wildman–Crippen LogP) is 9.31. The first-order chi connectivity index (χ1) is 15.8. The maximum atomic E-state index is 4.14. The normalized spacial score (nSPS) is 11.7. The van der Waals surface area contributed by atoms with Gasteiger partial charge in [0.2, 0.25) is 0 Å². The summed E-state index contributed by atoms with van der Waals surface area (Å²) < 4.78 is 0. The first-order valence-corrected chi connectivity index (χ1v) is 11.2. The lowest BCUT2D eigenvalue weighted by Crippen LogP contribution is -1.94. The van der Waals surface area contributed by atoms with Crippen molar-refractivity contribution in [1.29, 1.82) is 0 Å². The van der Waals surface area contributed by atoms with Gasteiger partial charge >= 0.3 is 0 Å². The van der Waals surface area contributed by atoms with E-state index in [0.29, 0.717) is 0 Å². The van der Waals surface area contributed by atoms with E-state index in [9.17, 15) is 0 Å². The molecule has 154 valence electrons. The van der Waals surface area contributed by atoms with E-state index < -0.39 is 0 Å². The smallest absolute Gasteiger partial charge is 0.00201 e. The van der Waals surface area contributed by atoms with E-state index in [-0.39, 0.29) is 0 Å². The molecule has 0 unspecified atom stereocenters. The summed E-state index contributed by atoms with van der Waals surface area (Å²) in [5.74, 6) is 0. The molecule has 0 fully saturated rings. The summed E-state index contributed by atoms with van der Waals surface area (Å²) in [6.07, 6.45) is 5.25. The van der Waals surface area contributed by atoms with Gasteiger partial charge in [0.25, 0.3) is 0 Å². The number of rotatable bonds is 5. The van der Waals surface area contributed by atoms with Crippen molar-refractivity contribution in [2.24, 2.45) is 0 Å². The fraction of sp³-hybridized carbons (Fsp3) is 0.0625. The van der Waals surface area contributed by atoms with Crippen molar-refractivity contribution >= 4 is 27.1 Å². The molecule has 0 N–H and O–H groups in total. The largest absolute Gasteiger partial charge is 0.0985 e. The zero-order valence-corrected chi connectivity index (χ0v) is 18.4. The van der Waals surface area contributed by atoms with Crippen molar-refractivity contribution in [3.63, 3.8) is 0 Å². The molecule has 0 bridgehead atoms. The highest BCUT2D eigenvalue weighted by Gasteiger charge is 2.18. The molecule has 0 saturated heterocycles. The van der Waals surface area contributed by atoms with Crippen LogP contribution in [0.3, 0.4) is 0 Å². The Morgan fingerprint density at radius 3 is 1.69 bits per heavy atom. The van der Waals surface area contributed by atoms with E-state index >= 15 is 0 Å². The fourth-order valence-corrected chi connectivity index (χ4v) is 4.81. The van der Waals surface area contributed by atoms with Crippen LogP contribution in [0.5, 0.6) is 0 Å². The number of allylic oxidation sites excluding steroid dienone is 3. The molecule has 0 aliphatic rings. The lowest BCUT2D eigenvalue weighted by atomic mass is 9.83. The summed E-state index contributed by atoms with van der Waals surface area (Å²) in [7, 11) is 0. The molecule has 0 saturated carbocycles. The molecule has 0 heterocycles. The van der Waals surface area contributed by atoms with Crippen molar-refractivity contribution in [2.75, 3.05) is 0 Å². The van der Waals surface area contributed by atoms with Gasteiger partial charge in [-0.1, -0.05) is 129 Å². The van der Waals surface area contributed by atoms with E-state index in [1.807, 2.05) is 6.08 Å². The molecule has 5 aromatic rings. The molecule has 0 atom stereocenters. The molecule has 0 aromatic heterocycles. The Hall–Kier alpha value is -3.90. The van der Waals surface area contributed by atoms with Gasteiger partial charge in [-0.3, -0.25) is 0 Å². The lowest BCUT2D eigenvalue weighted by molar-refractivity contribution is 1.23. The summed E-state index contributed by atoms with van der Waals surface area (Å²) in [6.45, 7) is 6.31. The standard InChI is InChI=1S/C32H26/c1-3-14-23(4-2)31-27-19-10-12-21-29(27)32(30-22-13-11-20-28(30)31)26-18-9-8-17-25(26)24-15-6-5-7-16-24/h4-22H,2-3H2,1H3/b23-14+. The van der Waals surface area contributed by atoms with Gasteiger partial charge in [-0.25, -0.2) is 0 Å². The average Bonchev–Trinajstić information content (AvgIpc) is 2.86. The maximum Gasteiger partial charge on any atom is -0.00201 e. The molecule has 0 nitrogen and oxygen atoms in total. The van der Waals surface area contributed by atoms with Gasteiger partial charge in [0, 0.05) is 0 Å². The Balaban J connectivity index is 1.96. The third kappa shape index (κ3) is 3.35. The van der Waals surface area contributed by atoms with Crippen LogP contribution in [0, 0.1) is 0 Å². The Kier molecular flexibility index (Phi) is 5.44. The molecule has 0 spiro atoms. The van der Waals surface area contributed by atoms with Crippen LogP contribution in [0.2, 0.25) is 0 Å². The first-order valence-electron chi connectivity index (χ1n) is 11.2. The topological polar surface area (TPSA) is 0 Å². The zero-order chi connectivity index (χ0) is 21.9. The van der Waals surface area contributed by atoms with Crippen LogP contribution in [0.4, 0.5) is 0 Å². The summed E-state index contributed by atoms with van der Waals surface area (Å²) in [6, 6.07) is 37.0. The molecule has 5 rings (SSSR count). The van der Waals surface area contributed by atoms with E-state index in [1.54, 1.807) is 0 Å². The monoisotopic (exact) mass is 410 g/mol. The predicted molar refractivity (Wildman–Crippen MR) is 141 cm³/mol. The Morgan fingerprint density at radius 2 is 1.12 bits per heavy atom. The van der Waals surface area contributed by atoms with E-state index in [2.05, 4.69) is 123 Å². The van der Waals surface area contributed by atoms with E-state index in [0.717, 1.165) is 6.42 Å². The Bertz CT molecular complexity index is 1400. The fourth-order valence-electron chi connectivity index (χ4n) is 4.81. The molecule has 0 heteroatoms. The molecule has 0 aliphatic heterocycles. The van der Waals surface area contributed by atoms with Crippen molar-refractivity contribution in [2.45, 2.75) is 13.3 Å². The van der Waals surface area contributed by atoms with Gasteiger partial charge in [-0.2, -0.15) is 0 Å². The highest BCUT2D eigenvalue weighted by Crippen LogP contribution is 2.44. The number of benzene rings is 5. The molecule has 0 amide bonds. The quantitative estimate of drug-likeness (QED) is 0.200. The molecule has 0 aliphatic carbocycles. The van der Waals surface area contributed by atoms with Gasteiger partial charge in [-0.05, 0) is 61.4 Å². The van der Waals surface area contributed by atoms with Crippen LogP contribution in [0.25, 0.3) is 49.4 Å². The minimum atomic E-state index is 0.975. The minimum Gasteiger partial charge on any atom is -0.0985 e. The SMILES string of the molecule is C=C/C(=C\CC)c1c2ccccc2c(-c2ccccc2-c2ccccc2)c2ccccc12. The second-order valence-corrected chi connectivity index (χ2v) is 8.02. The van der Waals surface area contributed by atoms with Crippen LogP contribution in [0.15, 0.2) is 122 Å². The number of hydrogen-bond acceptors (Lipinski definition) is 0. The van der Waals surface area contributed by atoms with Crippen LogP contribution in [0.1, 0.15) is 18.9 Å². The average molecular weight is 411 g/mol. The number of fused-ring (bicyclic) bond motifs is 2. The summed E-state index contributed by atoms with van der Waals surface area (Å²) in [5, 5.41) is 5.08. The highest BCUT2D eigenvalue weighted by molar-refractivity contribution is 6.20. The van der Waals surface area contributed by atoms with Gasteiger partial charge in [0.05, 0.1) is 0 Å². The van der Waals surface area contributed by atoms with E-state index in [1.165, 1.54) is 54.9 Å². The van der Waals surface area contributed by atoms with Crippen molar-refractivity contribution in [3.05, 3.63) is 127 Å². The van der Waals surface area contributed by atoms with Crippen LogP contribution in [-0.2, 0) is 0 Å². The molecular weight excluding hydrogens is 384 g/mol. The lowest BCUT2D eigenvalue weighted by Gasteiger charge is -2.20. The third-order valence-electron chi connectivity index (χ3n) is 6.15. The van der Waals surface area contributed by atoms with Crippen molar-refractivity contribution < 1.29 is 0 Å². The summed E-state index contributed by atoms with van der Waals surface area (Å²) in [5.41, 5.74) is 7.51. The van der Waals surface area contributed by atoms with Crippen molar-refractivity contribution in [3.8, 4) is 22.3 Å². The molecule has 5 aromatic carbocycles. The maximum absolute atomic E-state index is 4.14. The van der Waals surface area contributed by atoms with Gasteiger partial charge < -0.3 is 0 Å². The first kappa shape index (κ1) is 20.0. The van der Waals surface area contributed by atoms with Crippen LogP contribution in [-0.4, -0.2) is 0 Å². The number of hydrogen-bond donors (Lipinski definition) is 0. The Labute approximate surface area is 190 Å². The highest BCUT2D eigenvalue weighted by atomic mass is 14.2. The van der Waals surface area contributed by atoms with Crippen LogP contribution < -0.4 is 0 Å².